The van der Waals surface area contributed by atoms with E-state index in [4.69, 9.17) is 34.8 Å². The summed E-state index contributed by atoms with van der Waals surface area (Å²) in [6.45, 7) is 4.21. The van der Waals surface area contributed by atoms with Gasteiger partial charge in [-0.2, -0.15) is 0 Å². The van der Waals surface area contributed by atoms with Crippen LogP contribution in [0.25, 0.3) is 10.1 Å². The second kappa shape index (κ2) is 7.14. The largest absolute Gasteiger partial charge is 0.296 e. The molecule has 0 radical (unpaired) electrons. The van der Waals surface area contributed by atoms with Crippen LogP contribution in [0.3, 0.4) is 0 Å². The van der Waals surface area contributed by atoms with Gasteiger partial charge in [0.15, 0.2) is 0 Å². The second-order valence-electron chi connectivity index (χ2n) is 5.56. The van der Waals surface area contributed by atoms with Crippen molar-refractivity contribution in [1.29, 1.82) is 0 Å². The Morgan fingerprint density at radius 2 is 1.96 bits per heavy atom. The molecule has 0 aliphatic heterocycles. The maximum atomic E-state index is 12.5. The molecule has 3 aromatic rings. The molecule has 1 amide bonds. The number of fused-ring (bicyclic) bond motifs is 1. The van der Waals surface area contributed by atoms with E-state index in [9.17, 15) is 4.79 Å². The fourth-order valence-corrected chi connectivity index (χ4v) is 5.37. The number of amides is 1. The molecule has 2 aromatic heterocycles. The molecule has 0 atom stereocenters. The monoisotopic (exact) mass is 419 g/mol. The molecule has 0 bridgehead atoms. The molecule has 0 saturated heterocycles. The van der Waals surface area contributed by atoms with Gasteiger partial charge in [0.2, 0.25) is 5.13 Å². The van der Waals surface area contributed by atoms with Gasteiger partial charge in [0.25, 0.3) is 5.91 Å². The molecule has 0 aliphatic carbocycles. The van der Waals surface area contributed by atoms with Gasteiger partial charge in [-0.05, 0) is 18.1 Å². The highest BCUT2D eigenvalue weighted by Crippen LogP contribution is 2.41. The smallest absolute Gasteiger partial charge is 0.269 e. The average Bonchev–Trinajstić information content (AvgIpc) is 3.02. The third-order valence-corrected chi connectivity index (χ3v) is 6.13. The van der Waals surface area contributed by atoms with Crippen molar-refractivity contribution in [1.82, 2.24) is 10.2 Å². The van der Waals surface area contributed by atoms with Gasteiger partial charge in [-0.25, -0.2) is 0 Å². The number of aromatic nitrogens is 2. The van der Waals surface area contributed by atoms with Crippen molar-refractivity contribution in [3.05, 3.63) is 37.1 Å². The molecular formula is C15H12Cl3N3OS2. The van der Waals surface area contributed by atoms with E-state index in [2.05, 4.69) is 29.4 Å². The number of nitrogens with zero attached hydrogens (tertiary/aromatic N) is 2. The van der Waals surface area contributed by atoms with Gasteiger partial charge >= 0.3 is 0 Å². The molecule has 0 saturated carbocycles. The second-order valence-corrected chi connectivity index (χ2v) is 8.89. The normalized spacial score (nSPS) is 11.4. The standard InChI is InChI=1S/C15H12Cl3N3OS2/c1-6(2)3-10-20-21-15(24-10)19-14(22)13-12(18)11-8(17)4-7(16)5-9(11)23-13/h4-6H,3H2,1-2H3,(H,19,21,22). The first kappa shape index (κ1) is 17.9. The molecule has 1 N–H and O–H groups in total. The van der Waals surface area contributed by atoms with E-state index in [1.54, 1.807) is 12.1 Å². The van der Waals surface area contributed by atoms with Crippen LogP contribution in [-0.4, -0.2) is 16.1 Å². The third kappa shape index (κ3) is 3.68. The lowest BCUT2D eigenvalue weighted by molar-refractivity contribution is 0.103. The summed E-state index contributed by atoms with van der Waals surface area (Å²) in [4.78, 5) is 12.9. The van der Waals surface area contributed by atoms with Gasteiger partial charge in [0.1, 0.15) is 9.88 Å². The van der Waals surface area contributed by atoms with E-state index in [1.807, 2.05) is 0 Å². The van der Waals surface area contributed by atoms with Crippen molar-refractivity contribution < 1.29 is 4.79 Å². The number of thiophene rings is 1. The van der Waals surface area contributed by atoms with E-state index in [1.165, 1.54) is 22.7 Å². The minimum absolute atomic E-state index is 0.320. The zero-order valence-corrected chi connectivity index (χ0v) is 16.6. The Hall–Kier alpha value is -0.920. The van der Waals surface area contributed by atoms with Crippen LogP contribution in [0.4, 0.5) is 5.13 Å². The summed E-state index contributed by atoms with van der Waals surface area (Å²) in [5.41, 5.74) is 0. The maximum absolute atomic E-state index is 12.5. The Balaban J connectivity index is 1.87. The summed E-state index contributed by atoms with van der Waals surface area (Å²) in [5, 5.41) is 14.0. The summed E-state index contributed by atoms with van der Waals surface area (Å²) in [6, 6.07) is 3.34. The topological polar surface area (TPSA) is 54.9 Å². The summed E-state index contributed by atoms with van der Waals surface area (Å²) >= 11 is 21.1. The molecule has 9 heteroatoms. The minimum Gasteiger partial charge on any atom is -0.296 e. The highest BCUT2D eigenvalue weighted by atomic mass is 35.5. The van der Waals surface area contributed by atoms with Crippen molar-refractivity contribution in [2.45, 2.75) is 20.3 Å². The first-order chi connectivity index (χ1) is 11.3. The number of nitrogens with one attached hydrogen (secondary N) is 1. The lowest BCUT2D eigenvalue weighted by atomic mass is 10.1. The van der Waals surface area contributed by atoms with Crippen LogP contribution >= 0.6 is 57.5 Å². The molecule has 24 heavy (non-hydrogen) atoms. The van der Waals surface area contributed by atoms with Crippen LogP contribution in [0.15, 0.2) is 12.1 Å². The molecule has 0 fully saturated rings. The molecule has 0 aliphatic rings. The molecule has 2 heterocycles. The number of anilines is 1. The Morgan fingerprint density at radius 1 is 1.21 bits per heavy atom. The Kier molecular flexibility index (Phi) is 5.32. The highest BCUT2D eigenvalue weighted by Gasteiger charge is 2.21. The first-order valence-corrected chi connectivity index (χ1v) is 9.82. The Labute approximate surface area is 161 Å². The van der Waals surface area contributed by atoms with Gasteiger partial charge in [-0.1, -0.05) is 60.0 Å². The fourth-order valence-electron chi connectivity index (χ4n) is 2.15. The van der Waals surface area contributed by atoms with Gasteiger partial charge in [-0.3, -0.25) is 10.1 Å². The molecule has 4 nitrogen and oxygen atoms in total. The lowest BCUT2D eigenvalue weighted by Crippen LogP contribution is -2.10. The summed E-state index contributed by atoms with van der Waals surface area (Å²) in [6.07, 6.45) is 0.825. The number of rotatable bonds is 4. The number of carbonyl (C=O) groups is 1. The van der Waals surface area contributed by atoms with E-state index >= 15 is 0 Å². The Morgan fingerprint density at radius 3 is 2.67 bits per heavy atom. The van der Waals surface area contributed by atoms with Crippen LogP contribution in [0.1, 0.15) is 28.5 Å². The number of hydrogen-bond acceptors (Lipinski definition) is 5. The van der Waals surface area contributed by atoms with Crippen LogP contribution in [0, 0.1) is 5.92 Å². The minimum atomic E-state index is -0.333. The molecule has 0 spiro atoms. The molecular weight excluding hydrogens is 409 g/mol. The number of hydrogen-bond donors (Lipinski definition) is 1. The zero-order chi connectivity index (χ0) is 17.4. The summed E-state index contributed by atoms with van der Waals surface area (Å²) in [7, 11) is 0. The van der Waals surface area contributed by atoms with Crippen LogP contribution in [0.2, 0.25) is 15.1 Å². The van der Waals surface area contributed by atoms with E-state index in [-0.39, 0.29) is 5.91 Å². The van der Waals surface area contributed by atoms with E-state index < -0.39 is 0 Å². The summed E-state index contributed by atoms with van der Waals surface area (Å²) < 4.78 is 0.764. The lowest BCUT2D eigenvalue weighted by Gasteiger charge is -1.99. The number of carbonyl (C=O) groups excluding carboxylic acids is 1. The fraction of sp³-hybridized carbons (Fsp3) is 0.267. The van der Waals surface area contributed by atoms with Crippen LogP contribution < -0.4 is 5.32 Å². The number of benzene rings is 1. The van der Waals surface area contributed by atoms with Crippen molar-refractivity contribution in [2.75, 3.05) is 5.32 Å². The maximum Gasteiger partial charge on any atom is 0.269 e. The first-order valence-electron chi connectivity index (χ1n) is 7.06. The van der Waals surface area contributed by atoms with E-state index in [0.29, 0.717) is 36.4 Å². The van der Waals surface area contributed by atoms with Gasteiger partial charge < -0.3 is 0 Å². The highest BCUT2D eigenvalue weighted by molar-refractivity contribution is 7.22. The molecule has 3 rings (SSSR count). The van der Waals surface area contributed by atoms with Crippen molar-refractivity contribution >= 4 is 78.6 Å². The van der Waals surface area contributed by atoms with Gasteiger partial charge in [0, 0.05) is 21.5 Å². The van der Waals surface area contributed by atoms with Crippen LogP contribution in [-0.2, 0) is 6.42 Å². The average molecular weight is 421 g/mol. The van der Waals surface area contributed by atoms with Gasteiger partial charge in [0.05, 0.1) is 10.0 Å². The van der Waals surface area contributed by atoms with Crippen molar-refractivity contribution in [3.8, 4) is 0 Å². The predicted octanol–water partition coefficient (Wildman–Crippen LogP) is 6.16. The van der Waals surface area contributed by atoms with Gasteiger partial charge in [-0.15, -0.1) is 21.5 Å². The van der Waals surface area contributed by atoms with Crippen molar-refractivity contribution in [2.24, 2.45) is 5.92 Å². The summed E-state index contributed by atoms with van der Waals surface area (Å²) in [5.74, 6) is 0.145. The van der Waals surface area contributed by atoms with Crippen molar-refractivity contribution in [3.63, 3.8) is 0 Å². The molecule has 0 unspecified atom stereocenters. The SMILES string of the molecule is CC(C)Cc1nnc(NC(=O)c2sc3cc(Cl)cc(Cl)c3c2Cl)s1. The zero-order valence-electron chi connectivity index (χ0n) is 12.7. The third-order valence-electron chi connectivity index (χ3n) is 3.13. The van der Waals surface area contributed by atoms with E-state index in [0.717, 1.165) is 16.1 Å². The Bertz CT molecular complexity index is 920. The predicted molar refractivity (Wildman–Crippen MR) is 103 cm³/mol. The van der Waals surface area contributed by atoms with Crippen LogP contribution in [0.5, 0.6) is 0 Å². The molecule has 1 aromatic carbocycles. The number of halogens is 3. The molecule has 126 valence electrons. The quantitative estimate of drug-likeness (QED) is 0.549.